The van der Waals surface area contributed by atoms with Crippen LogP contribution in [0.3, 0.4) is 0 Å². The minimum atomic E-state index is -0.394. The molecule has 0 radical (unpaired) electrons. The highest BCUT2D eigenvalue weighted by atomic mass is 35.5. The number of rotatable bonds is 2. The second-order valence-corrected chi connectivity index (χ2v) is 4.29. The van der Waals surface area contributed by atoms with Crippen LogP contribution in [-0.4, -0.2) is 6.29 Å². The maximum absolute atomic E-state index is 12.9. The van der Waals surface area contributed by atoms with E-state index >= 15 is 0 Å². The van der Waals surface area contributed by atoms with E-state index in [1.165, 1.54) is 12.1 Å². The van der Waals surface area contributed by atoms with Gasteiger partial charge in [-0.25, -0.2) is 4.39 Å². The largest absolute Gasteiger partial charge is 0.298 e. The van der Waals surface area contributed by atoms with Gasteiger partial charge in [0.1, 0.15) is 5.82 Å². The lowest BCUT2D eigenvalue weighted by atomic mass is 10.0. The minimum Gasteiger partial charge on any atom is -0.298 e. The third-order valence-corrected chi connectivity index (χ3v) is 3.01. The maximum atomic E-state index is 12.9. The molecule has 17 heavy (non-hydrogen) atoms. The molecule has 2 rings (SSSR count). The van der Waals surface area contributed by atoms with Crippen molar-refractivity contribution in [3.8, 4) is 11.1 Å². The van der Waals surface area contributed by atoms with Crippen LogP contribution in [0.5, 0.6) is 0 Å². The molecule has 0 spiro atoms. The molecule has 0 aliphatic carbocycles. The van der Waals surface area contributed by atoms with Crippen molar-refractivity contribution in [3.05, 3.63) is 57.8 Å². The van der Waals surface area contributed by atoms with Crippen molar-refractivity contribution in [2.75, 3.05) is 0 Å². The van der Waals surface area contributed by atoms with E-state index in [0.717, 1.165) is 5.56 Å². The number of aldehydes is 1. The van der Waals surface area contributed by atoms with E-state index in [1.807, 2.05) is 0 Å². The zero-order valence-electron chi connectivity index (χ0n) is 8.58. The van der Waals surface area contributed by atoms with Crippen LogP contribution in [0.15, 0.2) is 36.4 Å². The van der Waals surface area contributed by atoms with Gasteiger partial charge in [0.05, 0.1) is 10.0 Å². The van der Waals surface area contributed by atoms with Crippen LogP contribution in [0.1, 0.15) is 10.4 Å². The van der Waals surface area contributed by atoms with Gasteiger partial charge in [0.15, 0.2) is 6.29 Å². The molecule has 0 aliphatic rings. The molecule has 0 amide bonds. The normalized spacial score (nSPS) is 10.3. The summed E-state index contributed by atoms with van der Waals surface area (Å²) in [6.07, 6.45) is 0.679. The molecule has 86 valence electrons. The predicted octanol–water partition coefficient (Wildman–Crippen LogP) is 4.61. The molecule has 4 heteroatoms. The molecule has 0 fully saturated rings. The summed E-state index contributed by atoms with van der Waals surface area (Å²) in [6, 6.07) is 9.08. The molecule has 0 heterocycles. The lowest BCUT2D eigenvalue weighted by molar-refractivity contribution is 0.112. The second kappa shape index (κ2) is 4.86. The summed E-state index contributed by atoms with van der Waals surface area (Å²) in [6.45, 7) is 0. The van der Waals surface area contributed by atoms with Crippen molar-refractivity contribution < 1.29 is 9.18 Å². The summed E-state index contributed by atoms with van der Waals surface area (Å²) in [5.74, 6) is -0.394. The van der Waals surface area contributed by atoms with Crippen molar-refractivity contribution in [2.24, 2.45) is 0 Å². The Balaban J connectivity index is 2.53. The number of halogens is 3. The Morgan fingerprint density at radius 3 is 2.35 bits per heavy atom. The fourth-order valence-electron chi connectivity index (χ4n) is 1.51. The van der Waals surface area contributed by atoms with Crippen LogP contribution >= 0.6 is 23.2 Å². The van der Waals surface area contributed by atoms with Gasteiger partial charge < -0.3 is 0 Å². The zero-order valence-corrected chi connectivity index (χ0v) is 10.1. The highest BCUT2D eigenvalue weighted by Crippen LogP contribution is 2.30. The fourth-order valence-corrected chi connectivity index (χ4v) is 2.02. The smallest absolute Gasteiger partial charge is 0.151 e. The molecule has 0 unspecified atom stereocenters. The topological polar surface area (TPSA) is 17.1 Å². The lowest BCUT2D eigenvalue weighted by Crippen LogP contribution is -1.85. The van der Waals surface area contributed by atoms with E-state index in [2.05, 4.69) is 0 Å². The van der Waals surface area contributed by atoms with E-state index in [1.54, 1.807) is 24.3 Å². The fraction of sp³-hybridized carbons (Fsp3) is 0. The molecular weight excluding hydrogens is 262 g/mol. The van der Waals surface area contributed by atoms with Gasteiger partial charge in [-0.15, -0.1) is 0 Å². The Morgan fingerprint density at radius 1 is 1.00 bits per heavy atom. The van der Waals surface area contributed by atoms with Gasteiger partial charge in [-0.05, 0) is 35.9 Å². The molecular formula is C13H7Cl2FO. The van der Waals surface area contributed by atoms with Crippen LogP contribution in [0.4, 0.5) is 4.39 Å². The van der Waals surface area contributed by atoms with Crippen molar-refractivity contribution in [3.63, 3.8) is 0 Å². The minimum absolute atomic E-state index is 0.305. The SMILES string of the molecule is O=Cc1ccc(-c2ccc(F)cc2Cl)cc1Cl. The van der Waals surface area contributed by atoms with Gasteiger partial charge >= 0.3 is 0 Å². The van der Waals surface area contributed by atoms with Gasteiger partial charge in [-0.3, -0.25) is 4.79 Å². The maximum Gasteiger partial charge on any atom is 0.151 e. The zero-order chi connectivity index (χ0) is 12.4. The first-order chi connectivity index (χ1) is 8.11. The first-order valence-electron chi connectivity index (χ1n) is 4.82. The third-order valence-electron chi connectivity index (χ3n) is 2.37. The molecule has 0 atom stereocenters. The Morgan fingerprint density at radius 2 is 1.76 bits per heavy atom. The summed E-state index contributed by atoms with van der Waals surface area (Å²) >= 11 is 11.9. The van der Waals surface area contributed by atoms with Crippen LogP contribution in [0.2, 0.25) is 10.0 Å². The van der Waals surface area contributed by atoms with Crippen LogP contribution in [0, 0.1) is 5.82 Å². The lowest BCUT2D eigenvalue weighted by Gasteiger charge is -2.06. The number of hydrogen-bond donors (Lipinski definition) is 0. The van der Waals surface area contributed by atoms with Crippen LogP contribution in [-0.2, 0) is 0 Å². The Bertz CT molecular complexity index is 582. The van der Waals surface area contributed by atoms with Crippen molar-refractivity contribution in [1.82, 2.24) is 0 Å². The average molecular weight is 269 g/mol. The number of hydrogen-bond acceptors (Lipinski definition) is 1. The Labute approximate surface area is 108 Å². The molecule has 1 nitrogen and oxygen atoms in total. The van der Waals surface area contributed by atoms with Gasteiger partial charge in [0.2, 0.25) is 0 Å². The van der Waals surface area contributed by atoms with Crippen molar-refractivity contribution in [2.45, 2.75) is 0 Å². The summed E-state index contributed by atoms with van der Waals surface area (Å²) in [7, 11) is 0. The van der Waals surface area contributed by atoms with E-state index in [4.69, 9.17) is 23.2 Å². The summed E-state index contributed by atoms with van der Waals surface area (Å²) < 4.78 is 12.9. The second-order valence-electron chi connectivity index (χ2n) is 3.48. The first kappa shape index (κ1) is 12.1. The molecule has 0 saturated carbocycles. The number of carbonyl (C=O) groups is 1. The highest BCUT2D eigenvalue weighted by Gasteiger charge is 2.07. The van der Waals surface area contributed by atoms with E-state index in [-0.39, 0.29) is 0 Å². The van der Waals surface area contributed by atoms with Gasteiger partial charge in [0, 0.05) is 11.1 Å². The van der Waals surface area contributed by atoms with E-state index in [9.17, 15) is 9.18 Å². The predicted molar refractivity (Wildman–Crippen MR) is 67.2 cm³/mol. The molecule has 2 aromatic rings. The molecule has 0 N–H and O–H groups in total. The van der Waals surface area contributed by atoms with E-state index < -0.39 is 5.82 Å². The number of carbonyl (C=O) groups excluding carboxylic acids is 1. The molecule has 0 bridgehead atoms. The molecule has 0 aromatic heterocycles. The quantitative estimate of drug-likeness (QED) is 0.727. The van der Waals surface area contributed by atoms with E-state index in [0.29, 0.717) is 27.5 Å². The van der Waals surface area contributed by atoms with Crippen LogP contribution in [0.25, 0.3) is 11.1 Å². The van der Waals surface area contributed by atoms with Gasteiger partial charge in [-0.1, -0.05) is 29.3 Å². The Hall–Kier alpha value is -1.38. The average Bonchev–Trinajstić information content (AvgIpc) is 2.29. The first-order valence-corrected chi connectivity index (χ1v) is 5.57. The van der Waals surface area contributed by atoms with Crippen molar-refractivity contribution in [1.29, 1.82) is 0 Å². The Kier molecular flexibility index (Phi) is 3.46. The monoisotopic (exact) mass is 268 g/mol. The molecule has 0 aliphatic heterocycles. The summed E-state index contributed by atoms with van der Waals surface area (Å²) in [5, 5.41) is 0.651. The summed E-state index contributed by atoms with van der Waals surface area (Å²) in [4.78, 5) is 10.6. The highest BCUT2D eigenvalue weighted by molar-refractivity contribution is 6.34. The number of benzene rings is 2. The van der Waals surface area contributed by atoms with Crippen LogP contribution < -0.4 is 0 Å². The third kappa shape index (κ3) is 2.48. The molecule has 2 aromatic carbocycles. The standard InChI is InChI=1S/C13H7Cl2FO/c14-12-5-8(1-2-9(12)7-17)11-4-3-10(16)6-13(11)15/h1-7H. The van der Waals surface area contributed by atoms with Gasteiger partial charge in [0.25, 0.3) is 0 Å². The van der Waals surface area contributed by atoms with Crippen molar-refractivity contribution >= 4 is 29.5 Å². The summed E-state index contributed by atoms with van der Waals surface area (Å²) in [5.41, 5.74) is 1.83. The molecule has 0 saturated heterocycles. The van der Waals surface area contributed by atoms with Gasteiger partial charge in [-0.2, -0.15) is 0 Å².